The summed E-state index contributed by atoms with van der Waals surface area (Å²) in [5.41, 5.74) is 7.66. The van der Waals surface area contributed by atoms with Crippen molar-refractivity contribution in [3.63, 3.8) is 0 Å². The highest BCUT2D eigenvalue weighted by molar-refractivity contribution is 5.99. The predicted molar refractivity (Wildman–Crippen MR) is 65.8 cm³/mol. The van der Waals surface area contributed by atoms with Gasteiger partial charge in [0.05, 0.1) is 6.61 Å². The molecule has 0 atom stereocenters. The van der Waals surface area contributed by atoms with Crippen LogP contribution in [0.5, 0.6) is 0 Å². The maximum absolute atomic E-state index is 11.2. The molecule has 2 N–H and O–H groups in total. The number of nitrogens with two attached hydrogens (primary N) is 1. The van der Waals surface area contributed by atoms with E-state index in [-0.39, 0.29) is 11.8 Å². The number of ketones is 1. The number of Topliss-reactive ketones (excluding diaryl/α,β-unsaturated/α-hetero) is 1. The molecule has 0 aliphatic heterocycles. The summed E-state index contributed by atoms with van der Waals surface area (Å²) in [6.45, 7) is 3.64. The minimum absolute atomic E-state index is 0.0561. The minimum Gasteiger partial charge on any atom is -0.466 e. The van der Waals surface area contributed by atoms with E-state index in [0.29, 0.717) is 30.7 Å². The van der Waals surface area contributed by atoms with Gasteiger partial charge in [-0.2, -0.15) is 0 Å². The predicted octanol–water partition coefficient (Wildman–Crippen LogP) is 1.97. The summed E-state index contributed by atoms with van der Waals surface area (Å²) >= 11 is 0. The smallest absolute Gasteiger partial charge is 0.306 e. The van der Waals surface area contributed by atoms with Crippen molar-refractivity contribution in [3.05, 3.63) is 29.3 Å². The third kappa shape index (κ3) is 3.90. The van der Waals surface area contributed by atoms with E-state index >= 15 is 0 Å². The number of nitrogen functional groups attached to an aromatic ring is 1. The zero-order valence-electron chi connectivity index (χ0n) is 10.2. The second-order valence-corrected chi connectivity index (χ2v) is 3.78. The van der Waals surface area contributed by atoms with E-state index in [1.807, 2.05) is 6.07 Å². The summed E-state index contributed by atoms with van der Waals surface area (Å²) in [5, 5.41) is 0. The summed E-state index contributed by atoms with van der Waals surface area (Å²) in [6, 6.07) is 5.24. The number of aryl methyl sites for hydroxylation is 1. The quantitative estimate of drug-likeness (QED) is 0.481. The molecule has 0 saturated carbocycles. The summed E-state index contributed by atoms with van der Waals surface area (Å²) < 4.78 is 4.83. The maximum atomic E-state index is 11.2. The van der Waals surface area contributed by atoms with Crippen molar-refractivity contribution in [3.8, 4) is 0 Å². The summed E-state index contributed by atoms with van der Waals surface area (Å²) in [6.07, 6.45) is 0.897. The van der Waals surface area contributed by atoms with Crippen LogP contribution < -0.4 is 5.73 Å². The molecule has 92 valence electrons. The first-order valence-corrected chi connectivity index (χ1v) is 5.59. The normalized spacial score (nSPS) is 10.0. The molecule has 0 amide bonds. The number of benzene rings is 1. The van der Waals surface area contributed by atoms with Gasteiger partial charge in [0.1, 0.15) is 0 Å². The first kappa shape index (κ1) is 13.2. The molecule has 1 aromatic rings. The topological polar surface area (TPSA) is 69.4 Å². The van der Waals surface area contributed by atoms with E-state index < -0.39 is 0 Å². The Morgan fingerprint density at radius 2 is 2.06 bits per heavy atom. The highest BCUT2D eigenvalue weighted by Crippen LogP contribution is 2.16. The summed E-state index contributed by atoms with van der Waals surface area (Å²) in [5.74, 6) is -0.277. The Kier molecular flexibility index (Phi) is 4.69. The number of rotatable bonds is 5. The van der Waals surface area contributed by atoms with Crippen molar-refractivity contribution in [2.45, 2.75) is 26.7 Å². The van der Waals surface area contributed by atoms with Gasteiger partial charge in [-0.15, -0.1) is 0 Å². The second kappa shape index (κ2) is 6.03. The molecule has 0 spiro atoms. The molecule has 0 unspecified atom stereocenters. The Bertz CT molecular complexity index is 427. The summed E-state index contributed by atoms with van der Waals surface area (Å²) in [4.78, 5) is 22.3. The Morgan fingerprint density at radius 1 is 1.35 bits per heavy atom. The van der Waals surface area contributed by atoms with Crippen molar-refractivity contribution in [1.29, 1.82) is 0 Å². The molecular formula is C13H17NO3. The molecular weight excluding hydrogens is 218 g/mol. The Hall–Kier alpha value is -1.84. The van der Waals surface area contributed by atoms with Gasteiger partial charge >= 0.3 is 5.97 Å². The average molecular weight is 235 g/mol. The van der Waals surface area contributed by atoms with E-state index in [2.05, 4.69) is 0 Å². The number of ether oxygens (including phenoxy) is 1. The number of carbonyl (C=O) groups excluding carboxylic acids is 2. The lowest BCUT2D eigenvalue weighted by Gasteiger charge is -2.06. The van der Waals surface area contributed by atoms with E-state index in [9.17, 15) is 9.59 Å². The Morgan fingerprint density at radius 3 is 2.59 bits per heavy atom. The molecule has 0 aromatic heterocycles. The molecule has 0 fully saturated rings. The van der Waals surface area contributed by atoms with Gasteiger partial charge in [-0.3, -0.25) is 9.59 Å². The molecule has 1 aromatic carbocycles. The van der Waals surface area contributed by atoms with Gasteiger partial charge in [-0.05, 0) is 38.0 Å². The van der Waals surface area contributed by atoms with Crippen molar-refractivity contribution in [2.24, 2.45) is 0 Å². The van der Waals surface area contributed by atoms with Gasteiger partial charge in [0.25, 0.3) is 0 Å². The van der Waals surface area contributed by atoms with E-state index in [4.69, 9.17) is 10.5 Å². The fourth-order valence-electron chi connectivity index (χ4n) is 1.57. The SMILES string of the molecule is CCOC(=O)CCc1ccc(C(C)=O)c(N)c1. The molecule has 0 aliphatic rings. The van der Waals surface area contributed by atoms with Crippen molar-refractivity contribution in [1.82, 2.24) is 0 Å². The number of hydrogen-bond donors (Lipinski definition) is 1. The Balaban J connectivity index is 2.65. The number of esters is 1. The van der Waals surface area contributed by atoms with E-state index in [0.717, 1.165) is 5.56 Å². The second-order valence-electron chi connectivity index (χ2n) is 3.78. The molecule has 0 saturated heterocycles. The standard InChI is InChI=1S/C13H17NO3/c1-3-17-13(16)7-5-10-4-6-11(9(2)15)12(14)8-10/h4,6,8H,3,5,7,14H2,1-2H3. The van der Waals surface area contributed by atoms with E-state index in [1.54, 1.807) is 19.1 Å². The maximum Gasteiger partial charge on any atom is 0.306 e. The molecule has 4 heteroatoms. The number of hydrogen-bond acceptors (Lipinski definition) is 4. The molecule has 0 bridgehead atoms. The number of carbonyl (C=O) groups is 2. The lowest BCUT2D eigenvalue weighted by molar-refractivity contribution is -0.143. The Labute approximate surface area is 101 Å². The average Bonchev–Trinajstić information content (AvgIpc) is 2.26. The van der Waals surface area contributed by atoms with Crippen molar-refractivity contribution in [2.75, 3.05) is 12.3 Å². The molecule has 4 nitrogen and oxygen atoms in total. The van der Waals surface area contributed by atoms with Crippen LogP contribution in [0, 0.1) is 0 Å². The van der Waals surface area contributed by atoms with Crippen LogP contribution in [0.25, 0.3) is 0 Å². The van der Waals surface area contributed by atoms with Crippen LogP contribution in [0.3, 0.4) is 0 Å². The van der Waals surface area contributed by atoms with Gasteiger partial charge in [0.15, 0.2) is 5.78 Å². The van der Waals surface area contributed by atoms with Crippen LogP contribution in [-0.2, 0) is 16.0 Å². The van der Waals surface area contributed by atoms with Crippen LogP contribution >= 0.6 is 0 Å². The zero-order valence-corrected chi connectivity index (χ0v) is 10.2. The lowest BCUT2D eigenvalue weighted by atomic mass is 10.0. The van der Waals surface area contributed by atoms with Gasteiger partial charge in [-0.1, -0.05) is 6.07 Å². The molecule has 0 heterocycles. The molecule has 17 heavy (non-hydrogen) atoms. The molecule has 0 aliphatic carbocycles. The molecule has 0 radical (unpaired) electrons. The fraction of sp³-hybridized carbons (Fsp3) is 0.385. The van der Waals surface area contributed by atoms with Crippen LogP contribution in [0.15, 0.2) is 18.2 Å². The van der Waals surface area contributed by atoms with E-state index in [1.165, 1.54) is 6.92 Å². The fourth-order valence-corrected chi connectivity index (χ4v) is 1.57. The third-order valence-electron chi connectivity index (χ3n) is 2.42. The minimum atomic E-state index is -0.221. The van der Waals surface area contributed by atoms with Gasteiger partial charge in [0.2, 0.25) is 0 Å². The van der Waals surface area contributed by atoms with Gasteiger partial charge < -0.3 is 10.5 Å². The van der Waals surface area contributed by atoms with Gasteiger partial charge in [-0.25, -0.2) is 0 Å². The highest BCUT2D eigenvalue weighted by atomic mass is 16.5. The molecule has 1 rings (SSSR count). The summed E-state index contributed by atoms with van der Waals surface area (Å²) in [7, 11) is 0. The van der Waals surface area contributed by atoms with Crippen LogP contribution in [-0.4, -0.2) is 18.4 Å². The van der Waals surface area contributed by atoms with Crippen LogP contribution in [0.4, 0.5) is 5.69 Å². The van der Waals surface area contributed by atoms with Crippen LogP contribution in [0.2, 0.25) is 0 Å². The van der Waals surface area contributed by atoms with Crippen molar-refractivity contribution >= 4 is 17.4 Å². The third-order valence-corrected chi connectivity index (χ3v) is 2.42. The monoisotopic (exact) mass is 235 g/mol. The van der Waals surface area contributed by atoms with Crippen molar-refractivity contribution < 1.29 is 14.3 Å². The first-order valence-electron chi connectivity index (χ1n) is 5.59. The lowest BCUT2D eigenvalue weighted by Crippen LogP contribution is -2.06. The zero-order chi connectivity index (χ0) is 12.8. The van der Waals surface area contributed by atoms with Gasteiger partial charge in [0, 0.05) is 17.7 Å². The van der Waals surface area contributed by atoms with Crippen LogP contribution in [0.1, 0.15) is 36.2 Å². The first-order chi connectivity index (χ1) is 8.04. The largest absolute Gasteiger partial charge is 0.466 e. The highest BCUT2D eigenvalue weighted by Gasteiger charge is 2.07. The number of anilines is 1.